The zero-order chi connectivity index (χ0) is 13.3. The molecular weight excluding hydrogens is 244 g/mol. The van der Waals surface area contributed by atoms with E-state index < -0.39 is 5.54 Å². The Bertz CT molecular complexity index is 336. The molecule has 1 amide bonds. The molecule has 5 heteroatoms. The number of morpholine rings is 1. The Morgan fingerprint density at radius 1 is 1.11 bits per heavy atom. The molecule has 0 aromatic heterocycles. The van der Waals surface area contributed by atoms with E-state index in [1.807, 2.05) is 4.90 Å². The van der Waals surface area contributed by atoms with Crippen LogP contribution in [0.3, 0.4) is 0 Å². The maximum Gasteiger partial charge on any atom is 0.242 e. The summed E-state index contributed by atoms with van der Waals surface area (Å²) in [5, 5.41) is 0. The Balaban J connectivity index is 1.62. The Kier molecular flexibility index (Phi) is 3.78. The Morgan fingerprint density at radius 3 is 2.53 bits per heavy atom. The number of carbonyl (C=O) groups excluding carboxylic acids is 1. The standard InChI is InChI=1S/C14H24N2O3/c15-14(5-1-2-6-14)13(17)16-7-9-19-12(10-16)11-4-3-8-18-11/h11-12H,1-10,15H2. The van der Waals surface area contributed by atoms with Crippen LogP contribution in [-0.2, 0) is 14.3 Å². The molecule has 19 heavy (non-hydrogen) atoms. The van der Waals surface area contributed by atoms with E-state index in [1.165, 1.54) is 0 Å². The normalized spacial score (nSPS) is 34.7. The number of amides is 1. The van der Waals surface area contributed by atoms with Gasteiger partial charge in [0.15, 0.2) is 0 Å². The Morgan fingerprint density at radius 2 is 1.84 bits per heavy atom. The van der Waals surface area contributed by atoms with Crippen molar-refractivity contribution in [2.24, 2.45) is 5.73 Å². The van der Waals surface area contributed by atoms with Gasteiger partial charge in [-0.3, -0.25) is 4.79 Å². The maximum absolute atomic E-state index is 12.6. The van der Waals surface area contributed by atoms with Gasteiger partial charge in [-0.15, -0.1) is 0 Å². The van der Waals surface area contributed by atoms with E-state index >= 15 is 0 Å². The second-order valence-electron chi connectivity index (χ2n) is 6.08. The van der Waals surface area contributed by atoms with Crippen LogP contribution in [0.5, 0.6) is 0 Å². The monoisotopic (exact) mass is 268 g/mol. The fraction of sp³-hybridized carbons (Fsp3) is 0.929. The van der Waals surface area contributed by atoms with E-state index in [4.69, 9.17) is 15.2 Å². The fourth-order valence-electron chi connectivity index (χ4n) is 3.52. The van der Waals surface area contributed by atoms with E-state index in [1.54, 1.807) is 0 Å². The lowest BCUT2D eigenvalue weighted by molar-refractivity contribution is -0.150. The summed E-state index contributed by atoms with van der Waals surface area (Å²) in [7, 11) is 0. The van der Waals surface area contributed by atoms with Gasteiger partial charge in [-0.05, 0) is 25.7 Å². The van der Waals surface area contributed by atoms with E-state index in [9.17, 15) is 4.79 Å². The van der Waals surface area contributed by atoms with Gasteiger partial charge in [0.2, 0.25) is 5.91 Å². The molecule has 5 nitrogen and oxygen atoms in total. The van der Waals surface area contributed by atoms with Crippen molar-refractivity contribution in [3.05, 3.63) is 0 Å². The molecule has 2 unspecified atom stereocenters. The molecular formula is C14H24N2O3. The van der Waals surface area contributed by atoms with Gasteiger partial charge in [0, 0.05) is 19.7 Å². The number of rotatable bonds is 2. The second-order valence-corrected chi connectivity index (χ2v) is 6.08. The molecule has 2 saturated heterocycles. The average Bonchev–Trinajstić information content (AvgIpc) is 3.10. The molecule has 3 rings (SSSR count). The molecule has 2 heterocycles. The molecule has 2 N–H and O–H groups in total. The molecule has 0 bridgehead atoms. The number of nitrogens with two attached hydrogens (primary N) is 1. The molecule has 0 aromatic rings. The van der Waals surface area contributed by atoms with Crippen LogP contribution in [0.25, 0.3) is 0 Å². The van der Waals surface area contributed by atoms with Crippen LogP contribution in [0.4, 0.5) is 0 Å². The summed E-state index contributed by atoms with van der Waals surface area (Å²) in [6.45, 7) is 2.73. The quantitative estimate of drug-likeness (QED) is 0.799. The number of hydrogen-bond donors (Lipinski definition) is 1. The van der Waals surface area contributed by atoms with Gasteiger partial charge in [0.1, 0.15) is 6.10 Å². The summed E-state index contributed by atoms with van der Waals surface area (Å²) in [6.07, 6.45) is 6.13. The number of carbonyl (C=O) groups is 1. The summed E-state index contributed by atoms with van der Waals surface area (Å²) in [5.41, 5.74) is 5.66. The first-order chi connectivity index (χ1) is 9.19. The van der Waals surface area contributed by atoms with E-state index in [0.717, 1.165) is 45.1 Å². The van der Waals surface area contributed by atoms with Gasteiger partial charge < -0.3 is 20.1 Å². The van der Waals surface area contributed by atoms with Gasteiger partial charge in [0.25, 0.3) is 0 Å². The van der Waals surface area contributed by atoms with Crippen LogP contribution >= 0.6 is 0 Å². The molecule has 3 fully saturated rings. The smallest absolute Gasteiger partial charge is 0.242 e. The van der Waals surface area contributed by atoms with Crippen molar-refractivity contribution >= 4 is 5.91 Å². The van der Waals surface area contributed by atoms with Crippen LogP contribution < -0.4 is 5.73 Å². The van der Waals surface area contributed by atoms with E-state index in [2.05, 4.69) is 0 Å². The highest BCUT2D eigenvalue weighted by molar-refractivity contribution is 5.86. The van der Waals surface area contributed by atoms with Crippen molar-refractivity contribution in [1.29, 1.82) is 0 Å². The minimum atomic E-state index is -0.613. The van der Waals surface area contributed by atoms with Crippen LogP contribution in [-0.4, -0.2) is 54.9 Å². The Labute approximate surface area is 114 Å². The maximum atomic E-state index is 12.6. The minimum Gasteiger partial charge on any atom is -0.375 e. The lowest BCUT2D eigenvalue weighted by Gasteiger charge is -2.39. The van der Waals surface area contributed by atoms with Crippen LogP contribution in [0.1, 0.15) is 38.5 Å². The highest BCUT2D eigenvalue weighted by atomic mass is 16.5. The predicted molar refractivity (Wildman–Crippen MR) is 70.7 cm³/mol. The van der Waals surface area contributed by atoms with Crippen LogP contribution in [0.2, 0.25) is 0 Å². The van der Waals surface area contributed by atoms with Gasteiger partial charge in [-0.1, -0.05) is 12.8 Å². The first-order valence-corrected chi connectivity index (χ1v) is 7.50. The molecule has 0 radical (unpaired) electrons. The SMILES string of the molecule is NC1(C(=O)N2CCOC(C3CCCO3)C2)CCCC1. The lowest BCUT2D eigenvalue weighted by Crippen LogP contribution is -2.58. The van der Waals surface area contributed by atoms with Gasteiger partial charge in [0.05, 0.1) is 18.2 Å². The van der Waals surface area contributed by atoms with Gasteiger partial charge in [-0.2, -0.15) is 0 Å². The zero-order valence-electron chi connectivity index (χ0n) is 11.5. The third kappa shape index (κ3) is 2.64. The molecule has 108 valence electrons. The largest absolute Gasteiger partial charge is 0.375 e. The van der Waals surface area contributed by atoms with Gasteiger partial charge in [-0.25, -0.2) is 0 Å². The number of ether oxygens (including phenoxy) is 2. The molecule has 1 aliphatic carbocycles. The van der Waals surface area contributed by atoms with Crippen LogP contribution in [0, 0.1) is 0 Å². The third-order valence-electron chi connectivity index (χ3n) is 4.68. The predicted octanol–water partition coefficient (Wildman–Crippen LogP) is 0.664. The van der Waals surface area contributed by atoms with Crippen molar-refractivity contribution < 1.29 is 14.3 Å². The van der Waals surface area contributed by atoms with Crippen molar-refractivity contribution in [3.63, 3.8) is 0 Å². The molecule has 2 aliphatic heterocycles. The molecule has 3 aliphatic rings. The molecule has 2 atom stereocenters. The topological polar surface area (TPSA) is 64.8 Å². The summed E-state index contributed by atoms with van der Waals surface area (Å²) in [5.74, 6) is 0.122. The Hall–Kier alpha value is -0.650. The third-order valence-corrected chi connectivity index (χ3v) is 4.68. The van der Waals surface area contributed by atoms with E-state index in [-0.39, 0.29) is 18.1 Å². The van der Waals surface area contributed by atoms with Crippen molar-refractivity contribution in [2.75, 3.05) is 26.3 Å². The van der Waals surface area contributed by atoms with Gasteiger partial charge >= 0.3 is 0 Å². The number of hydrogen-bond acceptors (Lipinski definition) is 4. The molecule has 1 saturated carbocycles. The molecule has 0 aromatic carbocycles. The fourth-order valence-corrected chi connectivity index (χ4v) is 3.52. The van der Waals surface area contributed by atoms with Crippen molar-refractivity contribution in [3.8, 4) is 0 Å². The number of nitrogens with zero attached hydrogens (tertiary/aromatic N) is 1. The zero-order valence-corrected chi connectivity index (χ0v) is 11.5. The van der Waals surface area contributed by atoms with Crippen molar-refractivity contribution in [2.45, 2.75) is 56.3 Å². The first kappa shape index (κ1) is 13.3. The second kappa shape index (κ2) is 5.38. The summed E-state index contributed by atoms with van der Waals surface area (Å²) >= 11 is 0. The first-order valence-electron chi connectivity index (χ1n) is 7.50. The van der Waals surface area contributed by atoms with E-state index in [0.29, 0.717) is 19.7 Å². The van der Waals surface area contributed by atoms with Crippen molar-refractivity contribution in [1.82, 2.24) is 4.90 Å². The summed E-state index contributed by atoms with van der Waals surface area (Å²) < 4.78 is 11.5. The molecule has 0 spiro atoms. The van der Waals surface area contributed by atoms with Crippen LogP contribution in [0.15, 0.2) is 0 Å². The highest BCUT2D eigenvalue weighted by Gasteiger charge is 2.42. The average molecular weight is 268 g/mol. The lowest BCUT2D eigenvalue weighted by atomic mass is 9.96. The summed E-state index contributed by atoms with van der Waals surface area (Å²) in [6, 6.07) is 0. The summed E-state index contributed by atoms with van der Waals surface area (Å²) in [4.78, 5) is 14.5. The minimum absolute atomic E-state index is 0.0326. The highest BCUT2D eigenvalue weighted by Crippen LogP contribution is 2.30.